The molecule has 2 heterocycles. The largest absolute Gasteiger partial charge is 0.309 e. The molecule has 0 amide bonds. The van der Waals surface area contributed by atoms with Gasteiger partial charge < -0.3 is 5.32 Å². The molecule has 3 rings (SSSR count). The van der Waals surface area contributed by atoms with Gasteiger partial charge in [-0.05, 0) is 61.4 Å². The predicted octanol–water partition coefficient (Wildman–Crippen LogP) is 4.22. The fourth-order valence-corrected chi connectivity index (χ4v) is 4.26. The van der Waals surface area contributed by atoms with Gasteiger partial charge in [0, 0.05) is 22.7 Å². The standard InChI is InChI=1S/C17H22N2S/c1-3-9-18-16(17-12(2)8-11-20-17)14-7-6-13-5-4-10-19-15(13)14/h4-5,8,10-11,14,16,18H,3,6-7,9H2,1-2H3. The van der Waals surface area contributed by atoms with Crippen LogP contribution in [-0.2, 0) is 6.42 Å². The van der Waals surface area contributed by atoms with Gasteiger partial charge in [-0.25, -0.2) is 0 Å². The van der Waals surface area contributed by atoms with Crippen molar-refractivity contribution in [1.29, 1.82) is 0 Å². The third kappa shape index (κ3) is 2.52. The van der Waals surface area contributed by atoms with Crippen molar-refractivity contribution in [3.8, 4) is 0 Å². The summed E-state index contributed by atoms with van der Waals surface area (Å²) in [6, 6.07) is 6.95. The van der Waals surface area contributed by atoms with E-state index >= 15 is 0 Å². The zero-order chi connectivity index (χ0) is 13.9. The number of rotatable bonds is 5. The molecule has 0 fully saturated rings. The summed E-state index contributed by atoms with van der Waals surface area (Å²) in [4.78, 5) is 6.16. The van der Waals surface area contributed by atoms with Crippen LogP contribution >= 0.6 is 11.3 Å². The third-order valence-corrected chi connectivity index (χ3v) is 5.30. The first-order chi connectivity index (χ1) is 9.81. The van der Waals surface area contributed by atoms with Crippen LogP contribution in [0.25, 0.3) is 0 Å². The minimum Gasteiger partial charge on any atom is -0.309 e. The van der Waals surface area contributed by atoms with Crippen molar-refractivity contribution in [3.05, 3.63) is 51.5 Å². The van der Waals surface area contributed by atoms with Gasteiger partial charge in [-0.2, -0.15) is 0 Å². The number of nitrogens with one attached hydrogen (secondary N) is 1. The fourth-order valence-electron chi connectivity index (χ4n) is 3.19. The van der Waals surface area contributed by atoms with E-state index < -0.39 is 0 Å². The molecule has 2 aromatic rings. The summed E-state index contributed by atoms with van der Waals surface area (Å²) in [7, 11) is 0. The molecule has 3 heteroatoms. The third-order valence-electron chi connectivity index (χ3n) is 4.20. The van der Waals surface area contributed by atoms with E-state index in [1.807, 2.05) is 17.5 Å². The molecular formula is C17H22N2S. The highest BCUT2D eigenvalue weighted by Crippen LogP contribution is 2.42. The Morgan fingerprint density at radius 2 is 2.35 bits per heavy atom. The normalized spacial score (nSPS) is 19.0. The Balaban J connectivity index is 1.93. The lowest BCUT2D eigenvalue weighted by atomic mass is 9.94. The highest BCUT2D eigenvalue weighted by molar-refractivity contribution is 7.10. The first-order valence-electron chi connectivity index (χ1n) is 7.52. The Labute approximate surface area is 125 Å². The van der Waals surface area contributed by atoms with Crippen molar-refractivity contribution in [1.82, 2.24) is 10.3 Å². The van der Waals surface area contributed by atoms with E-state index in [2.05, 4.69) is 47.7 Å². The van der Waals surface area contributed by atoms with Crippen molar-refractivity contribution < 1.29 is 0 Å². The lowest BCUT2D eigenvalue weighted by molar-refractivity contribution is 0.442. The summed E-state index contributed by atoms with van der Waals surface area (Å²) in [5.41, 5.74) is 4.16. The molecule has 0 aliphatic heterocycles. The van der Waals surface area contributed by atoms with Gasteiger partial charge >= 0.3 is 0 Å². The molecule has 106 valence electrons. The minimum absolute atomic E-state index is 0.422. The molecule has 2 aromatic heterocycles. The maximum absolute atomic E-state index is 4.67. The summed E-state index contributed by atoms with van der Waals surface area (Å²) in [6.45, 7) is 5.52. The smallest absolute Gasteiger partial charge is 0.0502 e. The SMILES string of the molecule is CCCNC(c1sccc1C)C1CCc2cccnc21. The molecule has 20 heavy (non-hydrogen) atoms. The second-order valence-corrected chi connectivity index (χ2v) is 6.54. The van der Waals surface area contributed by atoms with Gasteiger partial charge in [0.2, 0.25) is 0 Å². The zero-order valence-electron chi connectivity index (χ0n) is 12.2. The van der Waals surface area contributed by atoms with Gasteiger partial charge in [0.05, 0.1) is 6.04 Å². The van der Waals surface area contributed by atoms with Gasteiger partial charge in [-0.1, -0.05) is 13.0 Å². The summed E-state index contributed by atoms with van der Waals surface area (Å²) in [5, 5.41) is 5.97. The number of thiophene rings is 1. The number of aromatic nitrogens is 1. The number of aryl methyl sites for hydroxylation is 2. The van der Waals surface area contributed by atoms with Gasteiger partial charge in [0.1, 0.15) is 0 Å². The summed E-state index contributed by atoms with van der Waals surface area (Å²) < 4.78 is 0. The molecule has 0 aromatic carbocycles. The number of hydrogen-bond donors (Lipinski definition) is 1. The Kier molecular flexibility index (Phi) is 4.18. The van der Waals surface area contributed by atoms with E-state index in [1.54, 1.807) is 0 Å². The van der Waals surface area contributed by atoms with E-state index in [-0.39, 0.29) is 0 Å². The number of pyridine rings is 1. The van der Waals surface area contributed by atoms with Crippen LogP contribution in [0.2, 0.25) is 0 Å². The van der Waals surface area contributed by atoms with Gasteiger partial charge in [0.15, 0.2) is 0 Å². The molecule has 1 aliphatic carbocycles. The Hall–Kier alpha value is -1.19. The Morgan fingerprint density at radius 1 is 1.45 bits per heavy atom. The van der Waals surface area contributed by atoms with Crippen molar-refractivity contribution in [2.24, 2.45) is 0 Å². The van der Waals surface area contributed by atoms with Crippen LogP contribution in [0.5, 0.6) is 0 Å². The molecule has 0 radical (unpaired) electrons. The van der Waals surface area contributed by atoms with Crippen LogP contribution in [0.1, 0.15) is 53.4 Å². The van der Waals surface area contributed by atoms with E-state index in [1.165, 1.54) is 41.0 Å². The number of fused-ring (bicyclic) bond motifs is 1. The fraction of sp³-hybridized carbons (Fsp3) is 0.471. The highest BCUT2D eigenvalue weighted by Gasteiger charge is 2.32. The van der Waals surface area contributed by atoms with E-state index in [0.29, 0.717) is 12.0 Å². The molecule has 0 spiro atoms. The summed E-state index contributed by atoms with van der Waals surface area (Å²) >= 11 is 1.88. The lowest BCUT2D eigenvalue weighted by Crippen LogP contribution is -2.27. The lowest BCUT2D eigenvalue weighted by Gasteiger charge is -2.25. The molecule has 2 atom stereocenters. The monoisotopic (exact) mass is 286 g/mol. The highest BCUT2D eigenvalue weighted by atomic mass is 32.1. The van der Waals surface area contributed by atoms with Crippen molar-refractivity contribution in [3.63, 3.8) is 0 Å². The van der Waals surface area contributed by atoms with E-state index in [4.69, 9.17) is 0 Å². The second kappa shape index (κ2) is 6.06. The van der Waals surface area contributed by atoms with E-state index in [0.717, 1.165) is 6.54 Å². The molecule has 2 unspecified atom stereocenters. The number of nitrogens with zero attached hydrogens (tertiary/aromatic N) is 1. The minimum atomic E-state index is 0.422. The van der Waals surface area contributed by atoms with Crippen LogP contribution in [0, 0.1) is 6.92 Å². The molecule has 0 bridgehead atoms. The van der Waals surface area contributed by atoms with Gasteiger partial charge in [0.25, 0.3) is 0 Å². The molecular weight excluding hydrogens is 264 g/mol. The molecule has 0 saturated heterocycles. The first kappa shape index (κ1) is 13.8. The van der Waals surface area contributed by atoms with E-state index in [9.17, 15) is 0 Å². The van der Waals surface area contributed by atoms with Crippen LogP contribution in [0.15, 0.2) is 29.8 Å². The van der Waals surface area contributed by atoms with Crippen LogP contribution in [0.4, 0.5) is 0 Å². The second-order valence-electron chi connectivity index (χ2n) is 5.59. The average Bonchev–Trinajstić information content (AvgIpc) is 3.07. The summed E-state index contributed by atoms with van der Waals surface area (Å²) in [6.07, 6.45) is 5.49. The van der Waals surface area contributed by atoms with Crippen LogP contribution < -0.4 is 5.32 Å². The molecule has 0 saturated carbocycles. The van der Waals surface area contributed by atoms with Crippen molar-refractivity contribution in [2.75, 3.05) is 6.54 Å². The first-order valence-corrected chi connectivity index (χ1v) is 8.40. The number of hydrogen-bond acceptors (Lipinski definition) is 3. The topological polar surface area (TPSA) is 24.9 Å². The Bertz CT molecular complexity index is 576. The van der Waals surface area contributed by atoms with Gasteiger partial charge in [-0.15, -0.1) is 11.3 Å². The van der Waals surface area contributed by atoms with Crippen molar-refractivity contribution in [2.45, 2.75) is 45.1 Å². The molecule has 1 aliphatic rings. The molecule has 1 N–H and O–H groups in total. The van der Waals surface area contributed by atoms with Crippen LogP contribution in [0.3, 0.4) is 0 Å². The Morgan fingerprint density at radius 3 is 3.10 bits per heavy atom. The maximum Gasteiger partial charge on any atom is 0.0502 e. The van der Waals surface area contributed by atoms with Crippen LogP contribution in [-0.4, -0.2) is 11.5 Å². The maximum atomic E-state index is 4.67. The predicted molar refractivity (Wildman–Crippen MR) is 85.4 cm³/mol. The van der Waals surface area contributed by atoms with Gasteiger partial charge in [-0.3, -0.25) is 4.98 Å². The summed E-state index contributed by atoms with van der Waals surface area (Å²) in [5.74, 6) is 0.523. The quantitative estimate of drug-likeness (QED) is 0.890. The van der Waals surface area contributed by atoms with Crippen molar-refractivity contribution >= 4 is 11.3 Å². The average molecular weight is 286 g/mol. The zero-order valence-corrected chi connectivity index (χ0v) is 13.0. The molecule has 2 nitrogen and oxygen atoms in total.